The van der Waals surface area contributed by atoms with E-state index >= 15 is 0 Å². The van der Waals surface area contributed by atoms with Crippen molar-refractivity contribution < 1.29 is 18.8 Å². The number of nitrogens with zero attached hydrogens (tertiary/aromatic N) is 3. The lowest BCUT2D eigenvalue weighted by Crippen LogP contribution is -2.53. The summed E-state index contributed by atoms with van der Waals surface area (Å²) in [4.78, 5) is 26.5. The summed E-state index contributed by atoms with van der Waals surface area (Å²) in [6, 6.07) is 3.23. The standard InChI is InChI=1S/C17H22N4O4/c1-17(2,3)24-16(23)21-11-4-5-12(21)7-10(6-11)19-15(22)14-8-13(9-18)25-20-14/h8,10-12H,4-7H2,1-3H3,(H,19,22). The van der Waals surface area contributed by atoms with Crippen LogP contribution in [0.1, 0.15) is 62.7 Å². The Morgan fingerprint density at radius 2 is 2.00 bits per heavy atom. The first kappa shape index (κ1) is 17.3. The molecule has 8 nitrogen and oxygen atoms in total. The Labute approximate surface area is 146 Å². The fraction of sp³-hybridized carbons (Fsp3) is 0.647. The molecule has 1 aromatic rings. The van der Waals surface area contributed by atoms with E-state index in [9.17, 15) is 9.59 Å². The summed E-state index contributed by atoms with van der Waals surface area (Å²) in [5.74, 6) is -0.356. The zero-order chi connectivity index (χ0) is 18.2. The van der Waals surface area contributed by atoms with Crippen LogP contribution in [0.15, 0.2) is 10.6 Å². The molecule has 1 aromatic heterocycles. The average molecular weight is 346 g/mol. The van der Waals surface area contributed by atoms with Gasteiger partial charge in [-0.05, 0) is 46.5 Å². The molecule has 2 aliphatic rings. The van der Waals surface area contributed by atoms with Crippen molar-refractivity contribution in [1.82, 2.24) is 15.4 Å². The Morgan fingerprint density at radius 1 is 1.36 bits per heavy atom. The van der Waals surface area contributed by atoms with Gasteiger partial charge in [-0.2, -0.15) is 5.26 Å². The monoisotopic (exact) mass is 346 g/mol. The smallest absolute Gasteiger partial charge is 0.410 e. The molecule has 2 bridgehead atoms. The van der Waals surface area contributed by atoms with E-state index in [1.54, 1.807) is 6.07 Å². The SMILES string of the molecule is CC(C)(C)OC(=O)N1C2CCC1CC(NC(=O)c1cc(C#N)on1)C2. The van der Waals surface area contributed by atoms with Gasteiger partial charge in [0.1, 0.15) is 11.7 Å². The highest BCUT2D eigenvalue weighted by atomic mass is 16.6. The molecule has 0 aromatic carbocycles. The van der Waals surface area contributed by atoms with Gasteiger partial charge in [-0.3, -0.25) is 4.79 Å². The van der Waals surface area contributed by atoms with Crippen molar-refractivity contribution in [1.29, 1.82) is 5.26 Å². The van der Waals surface area contributed by atoms with Crippen LogP contribution in [0.2, 0.25) is 0 Å². The molecule has 2 fully saturated rings. The van der Waals surface area contributed by atoms with Crippen molar-refractivity contribution in [3.05, 3.63) is 17.5 Å². The number of ether oxygens (including phenoxy) is 1. The highest BCUT2D eigenvalue weighted by Crippen LogP contribution is 2.36. The van der Waals surface area contributed by atoms with Gasteiger partial charge < -0.3 is 19.5 Å². The van der Waals surface area contributed by atoms with Gasteiger partial charge in [-0.1, -0.05) is 5.16 Å². The molecule has 0 radical (unpaired) electrons. The van der Waals surface area contributed by atoms with E-state index in [1.165, 1.54) is 6.07 Å². The molecule has 2 atom stereocenters. The number of hydrogen-bond acceptors (Lipinski definition) is 6. The highest BCUT2D eigenvalue weighted by molar-refractivity contribution is 5.92. The van der Waals surface area contributed by atoms with E-state index in [4.69, 9.17) is 14.5 Å². The first-order valence-electron chi connectivity index (χ1n) is 8.46. The van der Waals surface area contributed by atoms with Crippen LogP contribution in [-0.2, 0) is 4.74 Å². The topological polar surface area (TPSA) is 108 Å². The third kappa shape index (κ3) is 3.76. The van der Waals surface area contributed by atoms with Crippen molar-refractivity contribution in [2.75, 3.05) is 0 Å². The van der Waals surface area contributed by atoms with Gasteiger partial charge in [-0.15, -0.1) is 0 Å². The predicted octanol–water partition coefficient (Wildman–Crippen LogP) is 2.21. The van der Waals surface area contributed by atoms with Crippen molar-refractivity contribution in [3.63, 3.8) is 0 Å². The number of amides is 2. The molecule has 134 valence electrons. The maximum absolute atomic E-state index is 12.4. The number of carbonyl (C=O) groups excluding carboxylic acids is 2. The fourth-order valence-corrected chi connectivity index (χ4v) is 3.60. The number of nitriles is 1. The van der Waals surface area contributed by atoms with E-state index in [0.717, 1.165) is 12.8 Å². The molecule has 2 saturated heterocycles. The summed E-state index contributed by atoms with van der Waals surface area (Å²) in [6.45, 7) is 5.56. The Balaban J connectivity index is 1.61. The van der Waals surface area contributed by atoms with Crippen molar-refractivity contribution in [2.45, 2.75) is 70.2 Å². The Morgan fingerprint density at radius 3 is 2.52 bits per heavy atom. The molecule has 3 rings (SSSR count). The third-order valence-corrected chi connectivity index (χ3v) is 4.53. The van der Waals surface area contributed by atoms with Gasteiger partial charge in [0.15, 0.2) is 5.69 Å². The number of rotatable bonds is 2. The van der Waals surface area contributed by atoms with E-state index in [0.29, 0.717) is 12.8 Å². The van der Waals surface area contributed by atoms with E-state index in [2.05, 4.69) is 10.5 Å². The highest BCUT2D eigenvalue weighted by Gasteiger charge is 2.45. The number of carbonyl (C=O) groups is 2. The normalized spacial score (nSPS) is 25.4. The lowest BCUT2D eigenvalue weighted by atomic mass is 9.97. The van der Waals surface area contributed by atoms with Crippen LogP contribution in [0.4, 0.5) is 4.79 Å². The Bertz CT molecular complexity index is 701. The summed E-state index contributed by atoms with van der Waals surface area (Å²) in [5, 5.41) is 15.3. The molecule has 1 N–H and O–H groups in total. The number of piperidine rings is 1. The van der Waals surface area contributed by atoms with E-state index < -0.39 is 5.60 Å². The van der Waals surface area contributed by atoms with Crippen molar-refractivity contribution in [3.8, 4) is 6.07 Å². The van der Waals surface area contributed by atoms with Crippen LogP contribution in [0.25, 0.3) is 0 Å². The van der Waals surface area contributed by atoms with Crippen LogP contribution in [0.5, 0.6) is 0 Å². The number of aromatic nitrogens is 1. The van der Waals surface area contributed by atoms with Crippen molar-refractivity contribution in [2.24, 2.45) is 0 Å². The Hall–Kier alpha value is -2.56. The lowest BCUT2D eigenvalue weighted by Gasteiger charge is -2.39. The maximum atomic E-state index is 12.4. The van der Waals surface area contributed by atoms with E-state index in [-0.39, 0.29) is 41.6 Å². The Kier molecular flexibility index (Phi) is 4.41. The van der Waals surface area contributed by atoms with Crippen LogP contribution < -0.4 is 5.32 Å². The maximum Gasteiger partial charge on any atom is 0.410 e. The third-order valence-electron chi connectivity index (χ3n) is 4.53. The molecule has 0 saturated carbocycles. The number of nitrogens with one attached hydrogen (secondary N) is 1. The zero-order valence-corrected chi connectivity index (χ0v) is 14.6. The molecule has 2 aliphatic heterocycles. The molecule has 0 aliphatic carbocycles. The summed E-state index contributed by atoms with van der Waals surface area (Å²) in [7, 11) is 0. The average Bonchev–Trinajstić information content (AvgIpc) is 3.09. The zero-order valence-electron chi connectivity index (χ0n) is 14.6. The minimum Gasteiger partial charge on any atom is -0.444 e. The van der Waals surface area contributed by atoms with Gasteiger partial charge in [0.2, 0.25) is 5.76 Å². The quantitative estimate of drug-likeness (QED) is 0.879. The van der Waals surface area contributed by atoms with Crippen LogP contribution >= 0.6 is 0 Å². The second-order valence-electron chi connectivity index (χ2n) is 7.60. The van der Waals surface area contributed by atoms with Gasteiger partial charge in [0.25, 0.3) is 5.91 Å². The molecule has 2 amide bonds. The summed E-state index contributed by atoms with van der Waals surface area (Å²) < 4.78 is 10.2. The minimum atomic E-state index is -0.521. The first-order chi connectivity index (χ1) is 11.8. The van der Waals surface area contributed by atoms with Crippen LogP contribution in [-0.4, -0.2) is 45.8 Å². The van der Waals surface area contributed by atoms with Gasteiger partial charge in [0.05, 0.1) is 0 Å². The first-order valence-corrected chi connectivity index (χ1v) is 8.46. The molecule has 25 heavy (non-hydrogen) atoms. The van der Waals surface area contributed by atoms with Gasteiger partial charge >= 0.3 is 6.09 Å². The molecule has 8 heteroatoms. The number of fused-ring (bicyclic) bond motifs is 2. The molecule has 2 unspecified atom stereocenters. The lowest BCUT2D eigenvalue weighted by molar-refractivity contribution is 0.00499. The van der Waals surface area contributed by atoms with Crippen molar-refractivity contribution >= 4 is 12.0 Å². The van der Waals surface area contributed by atoms with Gasteiger partial charge in [0, 0.05) is 24.2 Å². The summed E-state index contributed by atoms with van der Waals surface area (Å²) in [5.41, 5.74) is -0.425. The minimum absolute atomic E-state index is 0.00460. The van der Waals surface area contributed by atoms with Crippen LogP contribution in [0.3, 0.4) is 0 Å². The summed E-state index contributed by atoms with van der Waals surface area (Å²) in [6.07, 6.45) is 2.92. The molecular weight excluding hydrogens is 324 g/mol. The fourth-order valence-electron chi connectivity index (χ4n) is 3.60. The van der Waals surface area contributed by atoms with E-state index in [1.807, 2.05) is 25.7 Å². The predicted molar refractivity (Wildman–Crippen MR) is 86.6 cm³/mol. The second-order valence-corrected chi connectivity index (χ2v) is 7.60. The second kappa shape index (κ2) is 6.39. The van der Waals surface area contributed by atoms with Gasteiger partial charge in [-0.25, -0.2) is 4.79 Å². The van der Waals surface area contributed by atoms with Crippen LogP contribution in [0, 0.1) is 11.3 Å². The summed E-state index contributed by atoms with van der Waals surface area (Å²) >= 11 is 0. The molecular formula is C17H22N4O4. The largest absolute Gasteiger partial charge is 0.444 e. The number of hydrogen-bond donors (Lipinski definition) is 1. The molecule has 0 spiro atoms. The molecule has 3 heterocycles.